The zero-order valence-electron chi connectivity index (χ0n) is 13.0. The van der Waals surface area contributed by atoms with Gasteiger partial charge >= 0.3 is 0 Å². The molecule has 0 radical (unpaired) electrons. The fourth-order valence-electron chi connectivity index (χ4n) is 2.14. The van der Waals surface area contributed by atoms with Crippen LogP contribution in [0.2, 0.25) is 0 Å². The fourth-order valence-corrected chi connectivity index (χ4v) is 2.14. The molecule has 0 bridgehead atoms. The standard InChI is InChI=1S/C16H22N4O2/c1-3-14(21)9-10-17-16(22)13-7-5-12(6-8-13)15-19-18-11-20(15)4-2/h5-8,11,14,21H,3-4,9-10H2,1-2H3,(H,17,22). The topological polar surface area (TPSA) is 80.0 Å². The van der Waals surface area contributed by atoms with Gasteiger partial charge in [-0.1, -0.05) is 19.1 Å². The normalized spacial score (nSPS) is 12.1. The highest BCUT2D eigenvalue weighted by atomic mass is 16.3. The summed E-state index contributed by atoms with van der Waals surface area (Å²) in [7, 11) is 0. The van der Waals surface area contributed by atoms with E-state index >= 15 is 0 Å². The highest BCUT2D eigenvalue weighted by Crippen LogP contribution is 2.17. The number of benzene rings is 1. The Bertz CT molecular complexity index is 607. The lowest BCUT2D eigenvalue weighted by Crippen LogP contribution is -2.26. The van der Waals surface area contributed by atoms with E-state index in [1.807, 2.05) is 30.5 Å². The summed E-state index contributed by atoms with van der Waals surface area (Å²) in [4.78, 5) is 12.0. The number of aromatic nitrogens is 3. The smallest absolute Gasteiger partial charge is 0.251 e. The molecule has 2 rings (SSSR count). The van der Waals surface area contributed by atoms with E-state index in [-0.39, 0.29) is 12.0 Å². The van der Waals surface area contributed by atoms with Crippen LogP contribution >= 0.6 is 0 Å². The van der Waals surface area contributed by atoms with Crippen molar-refractivity contribution in [3.05, 3.63) is 36.2 Å². The first-order valence-electron chi connectivity index (χ1n) is 7.60. The van der Waals surface area contributed by atoms with Gasteiger partial charge < -0.3 is 15.0 Å². The molecule has 0 aliphatic rings. The molecule has 0 aliphatic carbocycles. The second kappa shape index (κ2) is 7.70. The zero-order valence-corrected chi connectivity index (χ0v) is 13.0. The van der Waals surface area contributed by atoms with E-state index in [2.05, 4.69) is 15.5 Å². The van der Waals surface area contributed by atoms with Gasteiger partial charge in [0.25, 0.3) is 5.91 Å². The Hall–Kier alpha value is -2.21. The van der Waals surface area contributed by atoms with E-state index < -0.39 is 0 Å². The Balaban J connectivity index is 1.98. The van der Waals surface area contributed by atoms with Crippen molar-refractivity contribution in [2.75, 3.05) is 6.54 Å². The highest BCUT2D eigenvalue weighted by Gasteiger charge is 2.09. The van der Waals surface area contributed by atoms with Crippen LogP contribution in [0.15, 0.2) is 30.6 Å². The van der Waals surface area contributed by atoms with Gasteiger partial charge in [0.1, 0.15) is 6.33 Å². The van der Waals surface area contributed by atoms with Gasteiger partial charge in [-0.25, -0.2) is 0 Å². The second-order valence-electron chi connectivity index (χ2n) is 5.12. The lowest BCUT2D eigenvalue weighted by atomic mass is 10.1. The summed E-state index contributed by atoms with van der Waals surface area (Å²) < 4.78 is 1.95. The number of carbonyl (C=O) groups is 1. The van der Waals surface area contributed by atoms with Crippen LogP contribution in [0.25, 0.3) is 11.4 Å². The van der Waals surface area contributed by atoms with E-state index in [0.29, 0.717) is 24.9 Å². The largest absolute Gasteiger partial charge is 0.393 e. The van der Waals surface area contributed by atoms with Crippen molar-refractivity contribution in [3.8, 4) is 11.4 Å². The summed E-state index contributed by atoms with van der Waals surface area (Å²) in [5.74, 6) is 0.660. The molecule has 6 heteroatoms. The number of aliphatic hydroxyl groups excluding tert-OH is 1. The van der Waals surface area contributed by atoms with Crippen LogP contribution in [0.4, 0.5) is 0 Å². The third-order valence-electron chi connectivity index (χ3n) is 3.60. The van der Waals surface area contributed by atoms with Crippen molar-refractivity contribution < 1.29 is 9.90 Å². The SMILES string of the molecule is CCC(O)CCNC(=O)c1ccc(-c2nncn2CC)cc1. The maximum Gasteiger partial charge on any atom is 0.251 e. The molecule has 22 heavy (non-hydrogen) atoms. The molecule has 0 spiro atoms. The molecule has 0 aliphatic heterocycles. The van der Waals surface area contributed by atoms with Gasteiger partial charge in [0.05, 0.1) is 6.10 Å². The van der Waals surface area contributed by atoms with Gasteiger partial charge in [0.15, 0.2) is 5.82 Å². The van der Waals surface area contributed by atoms with Crippen LogP contribution in [0.5, 0.6) is 0 Å². The Morgan fingerprint density at radius 1 is 1.32 bits per heavy atom. The molecule has 6 nitrogen and oxygen atoms in total. The van der Waals surface area contributed by atoms with Crippen molar-refractivity contribution in [2.45, 2.75) is 39.3 Å². The van der Waals surface area contributed by atoms with Gasteiger partial charge in [0.2, 0.25) is 0 Å². The number of carbonyl (C=O) groups excluding carboxylic acids is 1. The number of amides is 1. The van der Waals surface area contributed by atoms with Crippen molar-refractivity contribution in [1.82, 2.24) is 20.1 Å². The van der Waals surface area contributed by atoms with Crippen molar-refractivity contribution in [3.63, 3.8) is 0 Å². The third kappa shape index (κ3) is 3.92. The van der Waals surface area contributed by atoms with E-state index in [1.54, 1.807) is 18.5 Å². The quantitative estimate of drug-likeness (QED) is 0.818. The highest BCUT2D eigenvalue weighted by molar-refractivity contribution is 5.94. The van der Waals surface area contributed by atoms with Gasteiger partial charge in [-0.05, 0) is 31.9 Å². The average Bonchev–Trinajstić information content (AvgIpc) is 3.03. The van der Waals surface area contributed by atoms with E-state index in [9.17, 15) is 9.90 Å². The lowest BCUT2D eigenvalue weighted by Gasteiger charge is -2.09. The van der Waals surface area contributed by atoms with Gasteiger partial charge in [-0.3, -0.25) is 4.79 Å². The van der Waals surface area contributed by atoms with Crippen molar-refractivity contribution in [1.29, 1.82) is 0 Å². The van der Waals surface area contributed by atoms with Crippen LogP contribution in [-0.4, -0.2) is 38.4 Å². The molecule has 1 aromatic carbocycles. The van der Waals surface area contributed by atoms with Crippen LogP contribution in [0, 0.1) is 0 Å². The van der Waals surface area contributed by atoms with Crippen LogP contribution in [0.1, 0.15) is 37.0 Å². The number of aliphatic hydroxyl groups is 1. The predicted molar refractivity (Wildman–Crippen MR) is 84.4 cm³/mol. The third-order valence-corrected chi connectivity index (χ3v) is 3.60. The number of hydrogen-bond acceptors (Lipinski definition) is 4. The molecule has 0 fully saturated rings. The van der Waals surface area contributed by atoms with E-state index in [0.717, 1.165) is 17.9 Å². The minimum atomic E-state index is -0.358. The average molecular weight is 302 g/mol. The second-order valence-corrected chi connectivity index (χ2v) is 5.12. The summed E-state index contributed by atoms with van der Waals surface area (Å²) in [5, 5.41) is 20.3. The van der Waals surface area contributed by atoms with Crippen molar-refractivity contribution in [2.24, 2.45) is 0 Å². The summed E-state index contributed by atoms with van der Waals surface area (Å²) >= 11 is 0. The molecule has 118 valence electrons. The van der Waals surface area contributed by atoms with Crippen LogP contribution in [0.3, 0.4) is 0 Å². The molecule has 2 N–H and O–H groups in total. The first-order valence-corrected chi connectivity index (χ1v) is 7.60. The molecule has 1 amide bonds. The zero-order chi connectivity index (χ0) is 15.9. The Kier molecular flexibility index (Phi) is 5.66. The van der Waals surface area contributed by atoms with Gasteiger partial charge in [-0.2, -0.15) is 0 Å². The first-order chi connectivity index (χ1) is 10.7. The predicted octanol–water partition coefficient (Wildman–Crippen LogP) is 1.86. The van der Waals surface area contributed by atoms with Crippen LogP contribution in [-0.2, 0) is 6.54 Å². The Morgan fingerprint density at radius 3 is 2.68 bits per heavy atom. The fraction of sp³-hybridized carbons (Fsp3) is 0.438. The minimum absolute atomic E-state index is 0.133. The van der Waals surface area contributed by atoms with Gasteiger partial charge in [-0.15, -0.1) is 10.2 Å². The molecule has 1 heterocycles. The Labute approximate surface area is 130 Å². The van der Waals surface area contributed by atoms with E-state index in [4.69, 9.17) is 0 Å². The van der Waals surface area contributed by atoms with Gasteiger partial charge in [0, 0.05) is 24.2 Å². The molecule has 1 unspecified atom stereocenters. The number of rotatable bonds is 7. The lowest BCUT2D eigenvalue weighted by molar-refractivity contribution is 0.0942. The Morgan fingerprint density at radius 2 is 2.05 bits per heavy atom. The first kappa shape index (κ1) is 16.2. The molecule has 0 saturated heterocycles. The number of hydrogen-bond donors (Lipinski definition) is 2. The molecular weight excluding hydrogens is 280 g/mol. The molecule has 0 saturated carbocycles. The maximum atomic E-state index is 12.0. The van der Waals surface area contributed by atoms with Crippen LogP contribution < -0.4 is 5.32 Å². The minimum Gasteiger partial charge on any atom is -0.393 e. The number of nitrogens with zero attached hydrogens (tertiary/aromatic N) is 3. The van der Waals surface area contributed by atoms with Crippen molar-refractivity contribution >= 4 is 5.91 Å². The number of aryl methyl sites for hydroxylation is 1. The van der Waals surface area contributed by atoms with E-state index in [1.165, 1.54) is 0 Å². The summed E-state index contributed by atoms with van der Waals surface area (Å²) in [5.41, 5.74) is 1.52. The maximum absolute atomic E-state index is 12.0. The molecule has 1 aromatic heterocycles. The monoisotopic (exact) mass is 302 g/mol. The summed E-state index contributed by atoms with van der Waals surface area (Å²) in [6.07, 6.45) is 2.60. The molecule has 1 atom stereocenters. The summed E-state index contributed by atoms with van der Waals surface area (Å²) in [6, 6.07) is 7.28. The summed E-state index contributed by atoms with van der Waals surface area (Å²) in [6.45, 7) is 5.21. The molecular formula is C16H22N4O2. The number of nitrogens with one attached hydrogen (secondary N) is 1. The molecule has 2 aromatic rings.